The molecule has 2 aromatic rings. The van der Waals surface area contributed by atoms with E-state index in [4.69, 9.17) is 5.73 Å². The Morgan fingerprint density at radius 3 is 2.91 bits per heavy atom. The van der Waals surface area contributed by atoms with Gasteiger partial charge in [-0.2, -0.15) is 0 Å². The Hall–Kier alpha value is -1.91. The number of hydrogen-bond acceptors (Lipinski definition) is 3. The van der Waals surface area contributed by atoms with Crippen LogP contribution in [0.4, 0.5) is 0 Å². The van der Waals surface area contributed by atoms with Crippen LogP contribution in [0.3, 0.4) is 0 Å². The lowest BCUT2D eigenvalue weighted by atomic mass is 9.96. The first-order chi connectivity index (χ1) is 11.3. The fourth-order valence-electron chi connectivity index (χ4n) is 3.42. The van der Waals surface area contributed by atoms with Gasteiger partial charge >= 0.3 is 0 Å². The predicted octanol–water partition coefficient (Wildman–Crippen LogP) is 2.13. The molecule has 3 rings (SSSR count). The molecular weight excluding hydrogens is 286 g/mol. The molecule has 1 fully saturated rings. The molecule has 23 heavy (non-hydrogen) atoms. The third-order valence-electron chi connectivity index (χ3n) is 4.59. The van der Waals surface area contributed by atoms with Gasteiger partial charge in [0.25, 0.3) is 0 Å². The number of hydrogen-bond donors (Lipinski definition) is 2. The molecule has 1 saturated heterocycles. The van der Waals surface area contributed by atoms with Gasteiger partial charge in [-0.05, 0) is 35.7 Å². The largest absolute Gasteiger partial charge is 0.355 e. The number of amides is 1. The second-order valence-electron chi connectivity index (χ2n) is 6.29. The van der Waals surface area contributed by atoms with E-state index in [0.29, 0.717) is 13.1 Å². The van der Waals surface area contributed by atoms with Crippen LogP contribution in [-0.2, 0) is 11.3 Å². The van der Waals surface area contributed by atoms with Crippen molar-refractivity contribution in [2.24, 2.45) is 11.7 Å². The summed E-state index contributed by atoms with van der Waals surface area (Å²) in [5.41, 5.74) is 6.80. The van der Waals surface area contributed by atoms with Crippen molar-refractivity contribution in [1.82, 2.24) is 10.2 Å². The van der Waals surface area contributed by atoms with Crippen molar-refractivity contribution < 1.29 is 4.79 Å². The van der Waals surface area contributed by atoms with E-state index in [-0.39, 0.29) is 11.8 Å². The second kappa shape index (κ2) is 7.57. The summed E-state index contributed by atoms with van der Waals surface area (Å²) >= 11 is 0. The van der Waals surface area contributed by atoms with E-state index in [1.807, 2.05) is 0 Å². The molecule has 1 unspecified atom stereocenters. The number of piperidine rings is 1. The molecule has 1 amide bonds. The first-order valence-corrected chi connectivity index (χ1v) is 8.44. The number of fused-ring (bicyclic) bond motifs is 1. The molecule has 4 heteroatoms. The first kappa shape index (κ1) is 16.0. The zero-order valence-electron chi connectivity index (χ0n) is 13.5. The van der Waals surface area contributed by atoms with E-state index < -0.39 is 0 Å². The molecule has 1 atom stereocenters. The number of rotatable bonds is 5. The van der Waals surface area contributed by atoms with Crippen LogP contribution in [0, 0.1) is 5.92 Å². The van der Waals surface area contributed by atoms with Gasteiger partial charge in [0.15, 0.2) is 0 Å². The smallest absolute Gasteiger partial charge is 0.224 e. The average Bonchev–Trinajstić information content (AvgIpc) is 2.60. The van der Waals surface area contributed by atoms with Crippen molar-refractivity contribution in [1.29, 1.82) is 0 Å². The molecule has 3 N–H and O–H groups in total. The standard InChI is InChI=1S/C19H25N3O/c20-10-11-21-19(23)17-8-4-12-22(14-17)13-16-7-3-6-15-5-1-2-9-18(15)16/h1-3,5-7,9,17H,4,8,10-14,20H2,(H,21,23). The van der Waals surface area contributed by atoms with E-state index in [2.05, 4.69) is 52.7 Å². The minimum Gasteiger partial charge on any atom is -0.355 e. The molecule has 0 aromatic heterocycles. The number of likely N-dealkylation sites (tertiary alicyclic amines) is 1. The Morgan fingerprint density at radius 1 is 1.22 bits per heavy atom. The monoisotopic (exact) mass is 311 g/mol. The quantitative estimate of drug-likeness (QED) is 0.889. The zero-order chi connectivity index (χ0) is 16.1. The van der Waals surface area contributed by atoms with Gasteiger partial charge in [0, 0.05) is 26.2 Å². The lowest BCUT2D eigenvalue weighted by Crippen LogP contribution is -2.43. The fraction of sp³-hybridized carbons (Fsp3) is 0.421. The maximum atomic E-state index is 12.2. The summed E-state index contributed by atoms with van der Waals surface area (Å²) in [6.45, 7) is 3.86. The van der Waals surface area contributed by atoms with E-state index in [1.54, 1.807) is 0 Å². The number of carbonyl (C=O) groups excluding carboxylic acids is 1. The molecule has 0 saturated carbocycles. The molecule has 0 bridgehead atoms. The number of carbonyl (C=O) groups is 1. The van der Waals surface area contributed by atoms with E-state index in [0.717, 1.165) is 32.5 Å². The van der Waals surface area contributed by atoms with Crippen molar-refractivity contribution in [2.75, 3.05) is 26.2 Å². The van der Waals surface area contributed by atoms with Crippen molar-refractivity contribution in [3.8, 4) is 0 Å². The normalized spacial score (nSPS) is 18.9. The minimum absolute atomic E-state index is 0.0882. The van der Waals surface area contributed by atoms with Crippen LogP contribution in [0.2, 0.25) is 0 Å². The summed E-state index contributed by atoms with van der Waals surface area (Å²) in [5, 5.41) is 5.51. The maximum absolute atomic E-state index is 12.2. The van der Waals surface area contributed by atoms with Gasteiger partial charge in [-0.15, -0.1) is 0 Å². The molecule has 1 aliphatic rings. The van der Waals surface area contributed by atoms with Gasteiger partial charge in [-0.1, -0.05) is 42.5 Å². The molecule has 1 heterocycles. The Labute approximate surface area is 137 Å². The van der Waals surface area contributed by atoms with E-state index in [1.165, 1.54) is 16.3 Å². The van der Waals surface area contributed by atoms with Gasteiger partial charge in [-0.3, -0.25) is 9.69 Å². The van der Waals surface area contributed by atoms with Crippen LogP contribution in [0.15, 0.2) is 42.5 Å². The molecule has 2 aromatic carbocycles. The van der Waals surface area contributed by atoms with Gasteiger partial charge in [-0.25, -0.2) is 0 Å². The summed E-state index contributed by atoms with van der Waals surface area (Å²) in [7, 11) is 0. The first-order valence-electron chi connectivity index (χ1n) is 8.44. The fourth-order valence-corrected chi connectivity index (χ4v) is 3.42. The van der Waals surface area contributed by atoms with Crippen molar-refractivity contribution in [3.05, 3.63) is 48.0 Å². The van der Waals surface area contributed by atoms with Crippen LogP contribution < -0.4 is 11.1 Å². The number of nitrogens with two attached hydrogens (primary N) is 1. The SMILES string of the molecule is NCCNC(=O)C1CCCN(Cc2cccc3ccccc23)C1. The molecule has 1 aliphatic heterocycles. The molecule has 122 valence electrons. The lowest BCUT2D eigenvalue weighted by Gasteiger charge is -2.32. The van der Waals surface area contributed by atoms with Crippen LogP contribution in [0.5, 0.6) is 0 Å². The van der Waals surface area contributed by atoms with Crippen molar-refractivity contribution in [3.63, 3.8) is 0 Å². The number of nitrogens with one attached hydrogen (secondary N) is 1. The van der Waals surface area contributed by atoms with Gasteiger partial charge < -0.3 is 11.1 Å². The lowest BCUT2D eigenvalue weighted by molar-refractivity contribution is -0.126. The molecule has 0 aliphatic carbocycles. The van der Waals surface area contributed by atoms with Gasteiger partial charge in [0.05, 0.1) is 5.92 Å². The van der Waals surface area contributed by atoms with Gasteiger partial charge in [0.2, 0.25) is 5.91 Å². The summed E-state index contributed by atoms with van der Waals surface area (Å²) < 4.78 is 0. The van der Waals surface area contributed by atoms with Gasteiger partial charge in [0.1, 0.15) is 0 Å². The molecule has 0 spiro atoms. The highest BCUT2D eigenvalue weighted by molar-refractivity contribution is 5.85. The molecular formula is C19H25N3O. The predicted molar refractivity (Wildman–Crippen MR) is 94.0 cm³/mol. The summed E-state index contributed by atoms with van der Waals surface area (Å²) in [6.07, 6.45) is 2.05. The summed E-state index contributed by atoms with van der Waals surface area (Å²) in [4.78, 5) is 14.6. The van der Waals surface area contributed by atoms with E-state index >= 15 is 0 Å². The maximum Gasteiger partial charge on any atom is 0.224 e. The molecule has 4 nitrogen and oxygen atoms in total. The third kappa shape index (κ3) is 3.89. The van der Waals surface area contributed by atoms with Crippen LogP contribution in [0.25, 0.3) is 10.8 Å². The second-order valence-corrected chi connectivity index (χ2v) is 6.29. The van der Waals surface area contributed by atoms with Crippen LogP contribution in [-0.4, -0.2) is 37.0 Å². The summed E-state index contributed by atoms with van der Waals surface area (Å²) in [6, 6.07) is 15.0. The topological polar surface area (TPSA) is 58.4 Å². The van der Waals surface area contributed by atoms with E-state index in [9.17, 15) is 4.79 Å². The Morgan fingerprint density at radius 2 is 2.04 bits per heavy atom. The zero-order valence-corrected chi connectivity index (χ0v) is 13.5. The third-order valence-corrected chi connectivity index (χ3v) is 4.59. The van der Waals surface area contributed by atoms with Crippen molar-refractivity contribution in [2.45, 2.75) is 19.4 Å². The van der Waals surface area contributed by atoms with Crippen LogP contribution >= 0.6 is 0 Å². The highest BCUT2D eigenvalue weighted by Crippen LogP contribution is 2.23. The van der Waals surface area contributed by atoms with Crippen molar-refractivity contribution >= 4 is 16.7 Å². The number of nitrogens with zero attached hydrogens (tertiary/aromatic N) is 1. The Balaban J connectivity index is 1.68. The number of benzene rings is 2. The van der Waals surface area contributed by atoms with Crippen LogP contribution in [0.1, 0.15) is 18.4 Å². The highest BCUT2D eigenvalue weighted by atomic mass is 16.1. The highest BCUT2D eigenvalue weighted by Gasteiger charge is 2.25. The Kier molecular flexibility index (Phi) is 5.26. The Bertz CT molecular complexity index is 665. The average molecular weight is 311 g/mol. The molecule has 0 radical (unpaired) electrons. The minimum atomic E-state index is 0.0882. The summed E-state index contributed by atoms with van der Waals surface area (Å²) in [5.74, 6) is 0.239.